The summed E-state index contributed by atoms with van der Waals surface area (Å²) >= 11 is 6.62. The Morgan fingerprint density at radius 2 is 1.79 bits per heavy atom. The summed E-state index contributed by atoms with van der Waals surface area (Å²) in [5, 5.41) is 17.8. The summed E-state index contributed by atoms with van der Waals surface area (Å²) in [6, 6.07) is 15.7. The van der Waals surface area contributed by atoms with E-state index in [4.69, 9.17) is 25.8 Å². The first-order valence-corrected chi connectivity index (χ1v) is 18.3. The Bertz CT molecular complexity index is 1750. The van der Waals surface area contributed by atoms with Crippen LogP contribution in [0, 0.1) is 18.3 Å². The number of aryl methyl sites for hydroxylation is 1. The van der Waals surface area contributed by atoms with Crippen molar-refractivity contribution in [3.63, 3.8) is 0 Å². The molecule has 10 nitrogen and oxygen atoms in total. The van der Waals surface area contributed by atoms with Crippen molar-refractivity contribution in [2.75, 3.05) is 58.1 Å². The van der Waals surface area contributed by atoms with Crippen LogP contribution in [-0.2, 0) is 16.1 Å². The number of carbonyl (C=O) groups is 1. The van der Waals surface area contributed by atoms with E-state index in [9.17, 15) is 10.1 Å². The summed E-state index contributed by atoms with van der Waals surface area (Å²) in [5.41, 5.74) is 6.08. The number of aldehydes is 1. The van der Waals surface area contributed by atoms with Gasteiger partial charge in [0.05, 0.1) is 39.8 Å². The van der Waals surface area contributed by atoms with Crippen molar-refractivity contribution < 1.29 is 19.0 Å². The number of fused-ring (bicyclic) bond motifs is 1. The van der Waals surface area contributed by atoms with E-state index >= 15 is 0 Å². The highest BCUT2D eigenvalue weighted by atomic mass is 35.5. The topological polar surface area (TPSA) is 122 Å². The van der Waals surface area contributed by atoms with Gasteiger partial charge in [-0.1, -0.05) is 51.4 Å². The molecule has 0 unspecified atom stereocenters. The fourth-order valence-electron chi connectivity index (χ4n) is 5.24. The van der Waals surface area contributed by atoms with Gasteiger partial charge in [-0.25, -0.2) is 0 Å². The number of aromatic nitrogens is 2. The van der Waals surface area contributed by atoms with Gasteiger partial charge in [-0.15, -0.1) is 0 Å². The second kappa shape index (κ2) is 23.7. The zero-order valence-corrected chi connectivity index (χ0v) is 32.9. The highest BCUT2D eigenvalue weighted by molar-refractivity contribution is 6.32. The number of hydrogen-bond donors (Lipinski definition) is 2. The standard InChI is InChI=1S/C31H32ClN5O3.C6H11NO.2C2H6/c1-4-39-30-15-27-23(14-28(30)34-3)31(24(16-33)19(2)36-27)37-22-6-8-29(25(32)13-22)40-18-20-5-7-26(35-17-20)21-9-11-38-12-10-21;1-7(2)5-3-4-6-8;2*1-2/h5-8,13-15,17,21,34H,4,9-12,18H2,1-3H3,(H,36,37);3-4,6H,5H2,1-2H3;2*1-2H3/b;4-3+;;. The Hall–Kier alpha value is -4.69. The van der Waals surface area contributed by atoms with Gasteiger partial charge in [0, 0.05) is 67.3 Å². The highest BCUT2D eigenvalue weighted by Crippen LogP contribution is 2.38. The maximum Gasteiger partial charge on any atom is 0.144 e. The fourth-order valence-corrected chi connectivity index (χ4v) is 5.47. The minimum absolute atomic E-state index is 0.356. The lowest BCUT2D eigenvalue weighted by molar-refractivity contribution is -0.104. The number of allylic oxidation sites excluding steroid dienone is 1. The number of halogens is 1. The molecule has 1 aliphatic heterocycles. The molecule has 52 heavy (non-hydrogen) atoms. The number of benzene rings is 2. The molecule has 5 rings (SSSR count). The van der Waals surface area contributed by atoms with E-state index in [1.54, 1.807) is 6.07 Å². The molecule has 1 fully saturated rings. The van der Waals surface area contributed by atoms with E-state index in [-0.39, 0.29) is 0 Å². The molecule has 0 bridgehead atoms. The number of anilines is 3. The fraction of sp³-hybridized carbons (Fsp3) is 0.415. The maximum absolute atomic E-state index is 9.94. The van der Waals surface area contributed by atoms with Crippen LogP contribution in [0.5, 0.6) is 11.5 Å². The molecule has 0 atom stereocenters. The van der Waals surface area contributed by atoms with E-state index in [0.29, 0.717) is 52.6 Å². The first-order chi connectivity index (χ1) is 25.3. The largest absolute Gasteiger partial charge is 0.492 e. The summed E-state index contributed by atoms with van der Waals surface area (Å²) in [4.78, 5) is 21.0. The normalized spacial score (nSPS) is 12.3. The van der Waals surface area contributed by atoms with Gasteiger partial charge in [0.1, 0.15) is 30.5 Å². The van der Waals surface area contributed by atoms with E-state index in [2.05, 4.69) is 38.8 Å². The first kappa shape index (κ1) is 43.5. The Kier molecular flexibility index (Phi) is 19.8. The average molecular weight is 731 g/mol. The number of likely N-dealkylation sites (N-methyl/N-ethyl adjacent to an activating group) is 1. The molecular weight excluding hydrogens is 676 g/mol. The summed E-state index contributed by atoms with van der Waals surface area (Å²) in [5.74, 6) is 1.73. The molecule has 0 spiro atoms. The molecule has 0 amide bonds. The van der Waals surface area contributed by atoms with Crippen molar-refractivity contribution in [1.82, 2.24) is 14.9 Å². The van der Waals surface area contributed by atoms with E-state index in [1.165, 1.54) is 6.08 Å². The lowest BCUT2D eigenvalue weighted by Crippen LogP contribution is -2.15. The second-order valence-electron chi connectivity index (χ2n) is 11.5. The number of hydrogen-bond acceptors (Lipinski definition) is 10. The molecule has 1 aliphatic rings. The number of nitrogens with one attached hydrogen (secondary N) is 2. The summed E-state index contributed by atoms with van der Waals surface area (Å²) in [6.45, 7) is 15.1. The molecule has 0 saturated carbocycles. The first-order valence-electron chi connectivity index (χ1n) is 17.9. The van der Waals surface area contributed by atoms with Gasteiger partial charge in [-0.05, 0) is 77.2 Å². The number of carbonyl (C=O) groups excluding carboxylic acids is 1. The number of pyridine rings is 2. The Morgan fingerprint density at radius 3 is 2.37 bits per heavy atom. The Morgan fingerprint density at radius 1 is 1.06 bits per heavy atom. The number of rotatable bonds is 12. The minimum Gasteiger partial charge on any atom is -0.492 e. The van der Waals surface area contributed by atoms with Crippen LogP contribution in [0.2, 0.25) is 5.02 Å². The smallest absolute Gasteiger partial charge is 0.144 e. The van der Waals surface area contributed by atoms with E-state index in [1.807, 2.05) is 104 Å². The minimum atomic E-state index is 0.356. The zero-order valence-electron chi connectivity index (χ0n) is 32.2. The van der Waals surface area contributed by atoms with Crippen molar-refractivity contribution in [1.29, 1.82) is 5.26 Å². The van der Waals surface area contributed by atoms with Crippen LogP contribution in [0.1, 0.15) is 75.9 Å². The van der Waals surface area contributed by atoms with Crippen LogP contribution < -0.4 is 20.1 Å². The Balaban J connectivity index is 0.000000683. The SMILES string of the molecule is CC.CC.CCOc1cc2nc(C)c(C#N)c(Nc3ccc(OCc4ccc(C5CCOCC5)nc4)c(Cl)c3)c2cc1NC.CN(C)C/C=C/C=O. The monoisotopic (exact) mass is 730 g/mol. The highest BCUT2D eigenvalue weighted by Gasteiger charge is 2.18. The molecule has 280 valence electrons. The predicted molar refractivity (Wildman–Crippen MR) is 214 cm³/mol. The third kappa shape index (κ3) is 12.8. The number of nitriles is 1. The van der Waals surface area contributed by atoms with Crippen molar-refractivity contribution in [2.24, 2.45) is 0 Å². The van der Waals surface area contributed by atoms with E-state index in [0.717, 1.165) is 72.4 Å². The van der Waals surface area contributed by atoms with Gasteiger partial charge < -0.3 is 29.7 Å². The van der Waals surface area contributed by atoms with Crippen LogP contribution >= 0.6 is 11.6 Å². The zero-order chi connectivity index (χ0) is 38.5. The van der Waals surface area contributed by atoms with Crippen molar-refractivity contribution >= 4 is 45.9 Å². The molecule has 2 aromatic heterocycles. The quantitative estimate of drug-likeness (QED) is 0.108. The molecule has 4 aromatic rings. The molecule has 2 N–H and O–H groups in total. The molecule has 0 aliphatic carbocycles. The summed E-state index contributed by atoms with van der Waals surface area (Å²) in [6.07, 6.45) is 7.98. The van der Waals surface area contributed by atoms with E-state index < -0.39 is 0 Å². The number of nitrogens with zero attached hydrogens (tertiary/aromatic N) is 4. The van der Waals surface area contributed by atoms with Crippen LogP contribution in [0.3, 0.4) is 0 Å². The maximum atomic E-state index is 9.94. The van der Waals surface area contributed by atoms with Gasteiger partial charge in [-0.2, -0.15) is 5.26 Å². The average Bonchev–Trinajstić information content (AvgIpc) is 3.17. The van der Waals surface area contributed by atoms with Crippen LogP contribution in [0.15, 0.2) is 60.8 Å². The van der Waals surface area contributed by atoms with Crippen LogP contribution in [-0.4, -0.2) is 68.7 Å². The van der Waals surface area contributed by atoms with Crippen LogP contribution in [0.25, 0.3) is 10.9 Å². The van der Waals surface area contributed by atoms with Crippen molar-refractivity contribution in [3.05, 3.63) is 88.4 Å². The Labute approximate surface area is 315 Å². The van der Waals surface area contributed by atoms with Gasteiger partial charge in [-0.3, -0.25) is 14.8 Å². The lowest BCUT2D eigenvalue weighted by Gasteiger charge is -2.21. The van der Waals surface area contributed by atoms with Gasteiger partial charge in [0.25, 0.3) is 0 Å². The molecule has 0 radical (unpaired) electrons. The van der Waals surface area contributed by atoms with Crippen LogP contribution in [0.4, 0.5) is 17.1 Å². The lowest BCUT2D eigenvalue weighted by atomic mass is 9.96. The third-order valence-electron chi connectivity index (χ3n) is 7.72. The predicted octanol–water partition coefficient (Wildman–Crippen LogP) is 9.48. The third-order valence-corrected chi connectivity index (χ3v) is 8.01. The molecule has 3 heterocycles. The second-order valence-corrected chi connectivity index (χ2v) is 11.9. The van der Waals surface area contributed by atoms with Gasteiger partial charge in [0.2, 0.25) is 0 Å². The summed E-state index contributed by atoms with van der Waals surface area (Å²) < 4.78 is 17.2. The summed E-state index contributed by atoms with van der Waals surface area (Å²) in [7, 11) is 5.74. The van der Waals surface area contributed by atoms with Crippen molar-refractivity contribution in [2.45, 2.75) is 66.9 Å². The van der Waals surface area contributed by atoms with Gasteiger partial charge >= 0.3 is 0 Å². The van der Waals surface area contributed by atoms with Crippen molar-refractivity contribution in [3.8, 4) is 17.6 Å². The molecular formula is C41H55ClN6O4. The molecule has 2 aromatic carbocycles. The molecule has 11 heteroatoms. The van der Waals surface area contributed by atoms with Gasteiger partial charge in [0.15, 0.2) is 0 Å². The number of ether oxygens (including phenoxy) is 3. The molecule has 1 saturated heterocycles.